The van der Waals surface area contributed by atoms with Gasteiger partial charge in [-0.3, -0.25) is 9.59 Å². The van der Waals surface area contributed by atoms with Gasteiger partial charge in [0.1, 0.15) is 0 Å². The second kappa shape index (κ2) is 10.9. The van der Waals surface area contributed by atoms with Crippen LogP contribution in [0, 0.1) is 0 Å². The van der Waals surface area contributed by atoms with E-state index in [0.29, 0.717) is 32.7 Å². The van der Waals surface area contributed by atoms with Crippen LogP contribution in [0.4, 0.5) is 0 Å². The van der Waals surface area contributed by atoms with E-state index >= 15 is 0 Å². The van der Waals surface area contributed by atoms with Crippen LogP contribution in [0.3, 0.4) is 0 Å². The topological polar surface area (TPSA) is 93.7 Å². The lowest BCUT2D eigenvalue weighted by molar-refractivity contribution is -0.127. The molecule has 18 heavy (non-hydrogen) atoms. The first-order valence-corrected chi connectivity index (χ1v) is 6.22. The predicted octanol–water partition coefficient (Wildman–Crippen LogP) is -1.07. The van der Waals surface area contributed by atoms with Gasteiger partial charge in [-0.2, -0.15) is 5.06 Å². The minimum absolute atomic E-state index is 0.127. The molecule has 0 bridgehead atoms. The highest BCUT2D eigenvalue weighted by Crippen LogP contribution is 1.89. The molecule has 0 rings (SSSR count). The van der Waals surface area contributed by atoms with Crippen LogP contribution in [-0.2, 0) is 9.59 Å². The highest BCUT2D eigenvalue weighted by molar-refractivity contribution is 5.83. The summed E-state index contributed by atoms with van der Waals surface area (Å²) in [6, 6.07) is 0. The Morgan fingerprint density at radius 1 is 1.06 bits per heavy atom. The molecule has 0 radical (unpaired) electrons. The molecule has 2 amide bonds. The molecule has 0 unspecified atom stereocenters. The van der Waals surface area contributed by atoms with E-state index in [1.165, 1.54) is 0 Å². The molecule has 0 heterocycles. The Hall–Kier alpha value is -1.18. The van der Waals surface area contributed by atoms with Crippen molar-refractivity contribution in [1.29, 1.82) is 0 Å². The zero-order valence-corrected chi connectivity index (χ0v) is 11.2. The maximum atomic E-state index is 11.3. The number of carbonyl (C=O) groups excluding carboxylic acids is 2. The van der Waals surface area contributed by atoms with Gasteiger partial charge in [0.05, 0.1) is 0 Å². The number of rotatable bonds is 10. The summed E-state index contributed by atoms with van der Waals surface area (Å²) < 4.78 is 0. The normalized spacial score (nSPS) is 10.4. The van der Waals surface area contributed by atoms with Gasteiger partial charge in [0.15, 0.2) is 0 Å². The number of hydroxylamine groups is 2. The summed E-state index contributed by atoms with van der Waals surface area (Å²) in [7, 11) is 1.81. The SMILES string of the molecule is CCN(O)CCNC(=O)CCC(=O)NCCNC. The Morgan fingerprint density at radius 3 is 2.11 bits per heavy atom. The molecule has 0 aromatic rings. The van der Waals surface area contributed by atoms with Crippen molar-refractivity contribution in [2.75, 3.05) is 39.8 Å². The van der Waals surface area contributed by atoms with Gasteiger partial charge in [0, 0.05) is 45.6 Å². The lowest BCUT2D eigenvalue weighted by atomic mass is 10.3. The quantitative estimate of drug-likeness (QED) is 0.296. The van der Waals surface area contributed by atoms with Crippen LogP contribution in [0.1, 0.15) is 19.8 Å². The number of likely N-dealkylation sites (N-methyl/N-ethyl adjacent to an activating group) is 2. The molecule has 0 aliphatic rings. The van der Waals surface area contributed by atoms with Crippen LogP contribution in [0.5, 0.6) is 0 Å². The van der Waals surface area contributed by atoms with Crippen LogP contribution in [0.2, 0.25) is 0 Å². The van der Waals surface area contributed by atoms with Gasteiger partial charge in [0.25, 0.3) is 0 Å². The molecule has 0 saturated carbocycles. The maximum Gasteiger partial charge on any atom is 0.220 e. The van der Waals surface area contributed by atoms with Crippen molar-refractivity contribution < 1.29 is 14.8 Å². The standard InChI is InChI=1S/C11H24N4O3/c1-3-15(18)9-8-14-11(17)5-4-10(16)13-7-6-12-2/h12,18H,3-9H2,1-2H3,(H,13,16)(H,14,17). The number of carbonyl (C=O) groups is 2. The fourth-order valence-corrected chi connectivity index (χ4v) is 1.21. The third-order valence-electron chi connectivity index (χ3n) is 2.33. The van der Waals surface area contributed by atoms with Gasteiger partial charge in [0.2, 0.25) is 11.8 Å². The second-order valence-corrected chi connectivity index (χ2v) is 3.85. The molecule has 7 nitrogen and oxygen atoms in total. The van der Waals surface area contributed by atoms with Crippen molar-refractivity contribution in [3.63, 3.8) is 0 Å². The summed E-state index contributed by atoms with van der Waals surface area (Å²) in [6.07, 6.45) is 0.356. The van der Waals surface area contributed by atoms with Gasteiger partial charge in [-0.1, -0.05) is 6.92 Å². The summed E-state index contributed by atoms with van der Waals surface area (Å²) in [5.41, 5.74) is 0. The minimum atomic E-state index is -0.178. The van der Waals surface area contributed by atoms with Gasteiger partial charge in [-0.15, -0.1) is 0 Å². The third kappa shape index (κ3) is 10.0. The van der Waals surface area contributed by atoms with Gasteiger partial charge >= 0.3 is 0 Å². The van der Waals surface area contributed by atoms with E-state index in [1.54, 1.807) is 7.05 Å². The van der Waals surface area contributed by atoms with Gasteiger partial charge < -0.3 is 21.2 Å². The Kier molecular flexibility index (Phi) is 10.2. The molecule has 0 aromatic carbocycles. The van der Waals surface area contributed by atoms with Crippen LogP contribution >= 0.6 is 0 Å². The largest absolute Gasteiger partial charge is 0.355 e. The van der Waals surface area contributed by atoms with Crippen molar-refractivity contribution in [3.8, 4) is 0 Å². The Morgan fingerprint density at radius 2 is 1.61 bits per heavy atom. The first kappa shape index (κ1) is 16.8. The van der Waals surface area contributed by atoms with Crippen molar-refractivity contribution in [3.05, 3.63) is 0 Å². The monoisotopic (exact) mass is 260 g/mol. The van der Waals surface area contributed by atoms with E-state index in [9.17, 15) is 9.59 Å². The highest BCUT2D eigenvalue weighted by Gasteiger charge is 2.06. The van der Waals surface area contributed by atoms with Gasteiger partial charge in [-0.25, -0.2) is 0 Å². The molecule has 0 aromatic heterocycles. The minimum Gasteiger partial charge on any atom is -0.355 e. The molecule has 0 fully saturated rings. The Balaban J connectivity index is 3.49. The first-order valence-electron chi connectivity index (χ1n) is 6.22. The lowest BCUT2D eigenvalue weighted by Gasteiger charge is -2.12. The first-order chi connectivity index (χ1) is 8.60. The van der Waals surface area contributed by atoms with Crippen molar-refractivity contribution in [2.24, 2.45) is 0 Å². The average Bonchev–Trinajstić information content (AvgIpc) is 2.36. The Labute approximate surface area is 108 Å². The molecular weight excluding hydrogens is 236 g/mol. The molecule has 7 heteroatoms. The van der Waals surface area contributed by atoms with Crippen molar-refractivity contribution in [1.82, 2.24) is 21.0 Å². The summed E-state index contributed by atoms with van der Waals surface area (Å²) in [6.45, 7) is 4.37. The fourth-order valence-electron chi connectivity index (χ4n) is 1.21. The number of amides is 2. The maximum absolute atomic E-state index is 11.3. The van der Waals surface area contributed by atoms with Crippen molar-refractivity contribution >= 4 is 11.8 Å². The smallest absolute Gasteiger partial charge is 0.220 e. The molecule has 4 N–H and O–H groups in total. The van der Waals surface area contributed by atoms with Crippen LogP contribution in [-0.4, -0.2) is 61.9 Å². The van der Waals surface area contributed by atoms with Crippen LogP contribution in [0.15, 0.2) is 0 Å². The summed E-state index contributed by atoms with van der Waals surface area (Å²) >= 11 is 0. The number of hydrogen-bond donors (Lipinski definition) is 4. The summed E-state index contributed by atoms with van der Waals surface area (Å²) in [5, 5.41) is 18.5. The van der Waals surface area contributed by atoms with Gasteiger partial charge in [-0.05, 0) is 7.05 Å². The van der Waals surface area contributed by atoms with E-state index in [1.807, 2.05) is 6.92 Å². The number of nitrogens with zero attached hydrogens (tertiary/aromatic N) is 1. The Bertz CT molecular complexity index is 248. The molecule has 0 atom stereocenters. The molecule has 0 saturated heterocycles. The van der Waals surface area contributed by atoms with E-state index in [4.69, 9.17) is 5.21 Å². The van der Waals surface area contributed by atoms with E-state index < -0.39 is 0 Å². The average molecular weight is 260 g/mol. The molecular formula is C11H24N4O3. The highest BCUT2D eigenvalue weighted by atomic mass is 16.5. The van der Waals surface area contributed by atoms with E-state index in [0.717, 1.165) is 5.06 Å². The predicted molar refractivity (Wildman–Crippen MR) is 68.2 cm³/mol. The number of hydrogen-bond acceptors (Lipinski definition) is 5. The molecule has 0 aliphatic heterocycles. The lowest BCUT2D eigenvalue weighted by Crippen LogP contribution is -2.34. The van der Waals surface area contributed by atoms with Crippen LogP contribution in [0.25, 0.3) is 0 Å². The van der Waals surface area contributed by atoms with Crippen molar-refractivity contribution in [2.45, 2.75) is 19.8 Å². The summed E-state index contributed by atoms with van der Waals surface area (Å²) in [5.74, 6) is -0.305. The van der Waals surface area contributed by atoms with E-state index in [2.05, 4.69) is 16.0 Å². The molecule has 0 spiro atoms. The number of nitrogens with one attached hydrogen (secondary N) is 3. The second-order valence-electron chi connectivity index (χ2n) is 3.85. The fraction of sp³-hybridized carbons (Fsp3) is 0.818. The third-order valence-corrected chi connectivity index (χ3v) is 2.33. The van der Waals surface area contributed by atoms with E-state index in [-0.39, 0.29) is 24.7 Å². The molecule has 106 valence electrons. The zero-order chi connectivity index (χ0) is 13.8. The van der Waals surface area contributed by atoms with Crippen LogP contribution < -0.4 is 16.0 Å². The summed E-state index contributed by atoms with van der Waals surface area (Å²) in [4.78, 5) is 22.6. The molecule has 0 aliphatic carbocycles. The zero-order valence-electron chi connectivity index (χ0n) is 11.2.